The summed E-state index contributed by atoms with van der Waals surface area (Å²) in [6, 6.07) is 8.06. The predicted octanol–water partition coefficient (Wildman–Crippen LogP) is -0.701. The maximum absolute atomic E-state index is 10.0. The summed E-state index contributed by atoms with van der Waals surface area (Å²) in [6.07, 6.45) is 2.62. The number of rotatable bonds is 5. The molecule has 1 aromatic carbocycles. The molecule has 2 rings (SSSR count). The second-order valence-electron chi connectivity index (χ2n) is 3.97. The molecule has 0 spiro atoms. The number of carbonyl (C=O) groups excluding carboxylic acids is 1. The Kier molecular flexibility index (Phi) is 19.4. The summed E-state index contributed by atoms with van der Waals surface area (Å²) in [6.45, 7) is 2.53. The molecule has 1 aliphatic heterocycles. The van der Waals surface area contributed by atoms with Gasteiger partial charge in [0.15, 0.2) is 0 Å². The van der Waals surface area contributed by atoms with Crippen molar-refractivity contribution in [2.45, 2.75) is 12.5 Å². The third-order valence-corrected chi connectivity index (χ3v) is 2.68. The van der Waals surface area contributed by atoms with E-state index in [1.54, 1.807) is 6.29 Å². The number of piperazine rings is 1. The first-order chi connectivity index (χ1) is 8.38. The minimum Gasteiger partial charge on any atom is -0.665 e. The number of hydrogen-bond donors (Lipinski definition) is 0. The van der Waals surface area contributed by atoms with E-state index in [2.05, 4.69) is 10.6 Å². The largest absolute Gasteiger partial charge is 1.00 e. The predicted molar refractivity (Wildman–Crippen MR) is 72.9 cm³/mol. The van der Waals surface area contributed by atoms with Crippen molar-refractivity contribution in [3.05, 3.63) is 47.9 Å². The normalized spacial score (nSPS) is 16.1. The van der Waals surface area contributed by atoms with Gasteiger partial charge in [-0.2, -0.15) is 25.7 Å². The Labute approximate surface area is 195 Å². The van der Waals surface area contributed by atoms with Gasteiger partial charge in [0, 0.05) is 32.7 Å². The zero-order chi connectivity index (χ0) is 11.9. The van der Waals surface area contributed by atoms with Crippen molar-refractivity contribution >= 4 is 6.29 Å². The van der Waals surface area contributed by atoms with Gasteiger partial charge >= 0.3 is 58.2 Å². The van der Waals surface area contributed by atoms with E-state index in [1.807, 2.05) is 24.3 Å². The van der Waals surface area contributed by atoms with Gasteiger partial charge in [-0.3, -0.25) is 0 Å². The van der Waals surface area contributed by atoms with Gasteiger partial charge in [-0.05, 0) is 30.7 Å². The minimum atomic E-state index is -0.0177. The van der Waals surface area contributed by atoms with Crippen molar-refractivity contribution in [1.82, 2.24) is 0 Å². The first-order valence-electron chi connectivity index (χ1n) is 5.75. The van der Waals surface area contributed by atoms with Gasteiger partial charge in [0.1, 0.15) is 5.75 Å². The van der Waals surface area contributed by atoms with Crippen molar-refractivity contribution < 1.29 is 100 Å². The summed E-state index contributed by atoms with van der Waals surface area (Å²) < 4.78 is 5.13. The number of nitrogens with zero attached hydrogens (tertiary/aromatic N) is 2. The minimum absolute atomic E-state index is 0. The Morgan fingerprint density at radius 1 is 1.24 bits per heavy atom. The van der Waals surface area contributed by atoms with E-state index in [-0.39, 0.29) is 105 Å². The van der Waals surface area contributed by atoms with E-state index < -0.39 is 0 Å². The molecule has 1 heterocycles. The van der Waals surface area contributed by atoms with Crippen LogP contribution in [0.25, 0.3) is 10.6 Å². The van der Waals surface area contributed by atoms with Crippen LogP contribution in [0.4, 0.5) is 0 Å². The number of benzene rings is 1. The fraction of sp³-hybridized carbons (Fsp3) is 0.429. The summed E-state index contributed by atoms with van der Waals surface area (Å²) in [4.78, 5) is 10.0. The Bertz CT molecular complexity index is 362. The maximum Gasteiger partial charge on any atom is 1.00 e. The summed E-state index contributed by atoms with van der Waals surface area (Å²) >= 11 is 0. The molecule has 1 atom stereocenters. The third-order valence-electron chi connectivity index (χ3n) is 2.68. The van der Waals surface area contributed by atoms with Crippen LogP contribution in [0.2, 0.25) is 0 Å². The quantitative estimate of drug-likeness (QED) is 0.385. The molecule has 0 aliphatic carbocycles. The molecule has 0 saturated carbocycles. The maximum atomic E-state index is 10.0. The molecule has 21 heavy (non-hydrogen) atoms. The molecule has 1 aromatic rings. The number of ether oxygens (including phenoxy) is 1. The molecule has 0 bridgehead atoms. The molecular weight excluding hydrogens is 670 g/mol. The van der Waals surface area contributed by atoms with Crippen LogP contribution in [-0.4, -0.2) is 38.6 Å². The van der Waals surface area contributed by atoms with Crippen LogP contribution in [0.15, 0.2) is 24.3 Å². The first-order valence-corrected chi connectivity index (χ1v) is 5.75. The van der Waals surface area contributed by atoms with Gasteiger partial charge in [0.2, 0.25) is 0 Å². The van der Waals surface area contributed by atoms with Crippen molar-refractivity contribution in [3.8, 4) is 5.75 Å². The van der Waals surface area contributed by atoms with Crippen LogP contribution < -0.4 is 62.9 Å². The first kappa shape index (κ1) is 26.4. The summed E-state index contributed by atoms with van der Waals surface area (Å²) in [7, 11) is 0. The van der Waals surface area contributed by atoms with Gasteiger partial charge in [0.05, 0.1) is 0 Å². The summed E-state index contributed by atoms with van der Waals surface area (Å²) in [5, 5.41) is 8.87. The van der Waals surface area contributed by atoms with Gasteiger partial charge in [-0.15, -0.1) is 0 Å². The van der Waals surface area contributed by atoms with Crippen LogP contribution in [0.1, 0.15) is 5.56 Å². The van der Waals surface area contributed by atoms with E-state index in [0.29, 0.717) is 11.8 Å². The molecule has 7 heteroatoms. The van der Waals surface area contributed by atoms with Crippen molar-refractivity contribution in [3.63, 3.8) is 0 Å². The second-order valence-corrected chi connectivity index (χ2v) is 3.97. The smallest absolute Gasteiger partial charge is 0.665 e. The van der Waals surface area contributed by atoms with E-state index in [0.717, 1.165) is 26.1 Å². The van der Waals surface area contributed by atoms with Gasteiger partial charge in [-0.25, -0.2) is 6.29 Å². The molecule has 0 unspecified atom stereocenters. The fourth-order valence-electron chi connectivity index (χ4n) is 1.84. The monoisotopic (exact) mass is 687 g/mol. The molecule has 105 valence electrons. The van der Waals surface area contributed by atoms with E-state index in [1.165, 1.54) is 5.56 Å². The zero-order valence-corrected chi connectivity index (χ0v) is 27.1. The van der Waals surface area contributed by atoms with Crippen LogP contribution in [-0.2, 0) is 43.9 Å². The van der Waals surface area contributed by atoms with E-state index >= 15 is 0 Å². The Morgan fingerprint density at radius 2 is 1.90 bits per heavy atom. The third kappa shape index (κ3) is 10.0. The average Bonchev–Trinajstić information content (AvgIpc) is 2.39. The van der Waals surface area contributed by atoms with Crippen molar-refractivity contribution in [2.75, 3.05) is 26.2 Å². The molecule has 1 fully saturated rings. The van der Waals surface area contributed by atoms with Gasteiger partial charge in [0.25, 0.3) is 0 Å². The van der Waals surface area contributed by atoms with Gasteiger partial charge in [-0.1, -0.05) is 12.1 Å². The van der Waals surface area contributed by atoms with Crippen molar-refractivity contribution in [2.24, 2.45) is 0 Å². The van der Waals surface area contributed by atoms with Crippen LogP contribution >= 0.6 is 0 Å². The molecule has 4 nitrogen and oxygen atoms in total. The van der Waals surface area contributed by atoms with E-state index in [9.17, 15) is 4.79 Å². The topological polar surface area (TPSA) is 54.5 Å². The fourth-order valence-corrected chi connectivity index (χ4v) is 1.84. The molecular formula is C14H18N2O2RbRfY-3. The second kappa shape index (κ2) is 15.4. The van der Waals surface area contributed by atoms with Crippen LogP contribution in [0, 0.1) is 7.43 Å². The Morgan fingerprint density at radius 3 is 2.43 bits per heavy atom. The molecule has 0 amide bonds. The van der Waals surface area contributed by atoms with Crippen molar-refractivity contribution in [1.29, 1.82) is 0 Å². The summed E-state index contributed by atoms with van der Waals surface area (Å²) in [5.74, 6) is 0.697. The standard InChI is InChI=1S/C13H15N2O2.CH3.Rb.Rf.Y/c16-7-8-17-13-3-1-11(2-4-13)9-12-10-14-5-6-15-12;;;;/h1-4,12H,5-6,8-10H2;1H3;;;/q-3;-1;+1;;/t12-;;;;/m1..../s1. The Hall–Kier alpha value is 0.519. The average molecular weight is 688 g/mol. The van der Waals surface area contributed by atoms with E-state index in [4.69, 9.17) is 4.74 Å². The van der Waals surface area contributed by atoms with Crippen LogP contribution in [0.5, 0.6) is 5.75 Å². The molecule has 1 radical (unpaired) electrons. The van der Waals surface area contributed by atoms with Gasteiger partial charge < -0.3 is 27.6 Å². The molecule has 1 saturated heterocycles. The Balaban J connectivity index is -0.000000810. The molecule has 0 aromatic heterocycles. The SMILES string of the molecule is O=[C-]COc1ccc(C[C@@H]2C[N-]CC[N-]2)cc1.[CH3-].[Rb+].[Rf].[Y]. The number of hydrogen-bond acceptors (Lipinski definition) is 2. The zero-order valence-electron chi connectivity index (χ0n) is 12.9. The summed E-state index contributed by atoms with van der Waals surface area (Å²) in [5.41, 5.74) is 1.22. The molecule has 0 N–H and O–H groups in total. The molecule has 1 aliphatic rings. The van der Waals surface area contributed by atoms with Crippen LogP contribution in [0.3, 0.4) is 0 Å².